The van der Waals surface area contributed by atoms with Gasteiger partial charge in [-0.15, -0.1) is 0 Å². The van der Waals surface area contributed by atoms with Crippen LogP contribution in [0.25, 0.3) is 0 Å². The van der Waals surface area contributed by atoms with Crippen molar-refractivity contribution in [3.8, 4) is 0 Å². The van der Waals surface area contributed by atoms with Crippen molar-refractivity contribution in [1.29, 1.82) is 0 Å². The molecular weight excluding hydrogens is 284 g/mol. The maximum Gasteiger partial charge on any atom is 0.243 e. The number of nitrogens with zero attached hydrogens (tertiary/aromatic N) is 1. The van der Waals surface area contributed by atoms with Gasteiger partial charge in [0.1, 0.15) is 0 Å². The average molecular weight is 310 g/mol. The Kier molecular flexibility index (Phi) is 5.79. The van der Waals surface area contributed by atoms with Crippen molar-refractivity contribution in [3.63, 3.8) is 0 Å². The molecule has 2 rings (SSSR count). The molecule has 0 saturated carbocycles. The van der Waals surface area contributed by atoms with Gasteiger partial charge in [-0.25, -0.2) is 8.42 Å². The van der Waals surface area contributed by atoms with Crippen molar-refractivity contribution >= 4 is 10.0 Å². The predicted molar refractivity (Wildman–Crippen MR) is 85.8 cm³/mol. The third kappa shape index (κ3) is 4.05. The molecule has 1 aliphatic rings. The maximum absolute atomic E-state index is 12.7. The third-order valence-electron chi connectivity index (χ3n) is 4.27. The summed E-state index contributed by atoms with van der Waals surface area (Å²) in [5.74, 6) is 0. The highest BCUT2D eigenvalue weighted by molar-refractivity contribution is 7.89. The number of hydrogen-bond donors (Lipinski definition) is 1. The monoisotopic (exact) mass is 310 g/mol. The molecule has 0 amide bonds. The summed E-state index contributed by atoms with van der Waals surface area (Å²) in [4.78, 5) is 0.412. The molecule has 1 fully saturated rings. The fraction of sp³-hybridized carbons (Fsp3) is 0.625. The van der Waals surface area contributed by atoms with E-state index in [-0.39, 0.29) is 6.04 Å². The van der Waals surface area contributed by atoms with Gasteiger partial charge in [-0.2, -0.15) is 4.31 Å². The van der Waals surface area contributed by atoms with E-state index in [0.29, 0.717) is 18.0 Å². The summed E-state index contributed by atoms with van der Waals surface area (Å²) < 4.78 is 27.1. The van der Waals surface area contributed by atoms with Crippen LogP contribution in [0.3, 0.4) is 0 Å². The van der Waals surface area contributed by atoms with E-state index in [9.17, 15) is 8.42 Å². The SMILES string of the molecule is CNC(C)c1ccc(S(=O)(=O)N2CCCCCCC2)cc1. The second-order valence-corrected chi connectivity index (χ2v) is 7.69. The van der Waals surface area contributed by atoms with Crippen LogP contribution in [-0.2, 0) is 10.0 Å². The van der Waals surface area contributed by atoms with Crippen molar-refractivity contribution in [2.45, 2.75) is 50.0 Å². The van der Waals surface area contributed by atoms with E-state index >= 15 is 0 Å². The molecule has 1 aliphatic heterocycles. The first-order chi connectivity index (χ1) is 10.1. The van der Waals surface area contributed by atoms with Crippen molar-refractivity contribution in [2.24, 2.45) is 0 Å². The Hall–Kier alpha value is -0.910. The van der Waals surface area contributed by atoms with Gasteiger partial charge >= 0.3 is 0 Å². The first kappa shape index (κ1) is 16.5. The van der Waals surface area contributed by atoms with Gasteiger partial charge in [0.15, 0.2) is 0 Å². The van der Waals surface area contributed by atoms with Gasteiger partial charge in [0.05, 0.1) is 4.90 Å². The molecular formula is C16H26N2O2S. The third-order valence-corrected chi connectivity index (χ3v) is 6.18. The standard InChI is InChI=1S/C16H26N2O2S/c1-14(17-2)15-8-10-16(11-9-15)21(19,20)18-12-6-4-3-5-7-13-18/h8-11,14,17H,3-7,12-13H2,1-2H3. The number of rotatable bonds is 4. The number of nitrogens with one attached hydrogen (secondary N) is 1. The lowest BCUT2D eigenvalue weighted by Gasteiger charge is -2.24. The van der Waals surface area contributed by atoms with Gasteiger partial charge in [0.2, 0.25) is 10.0 Å². The van der Waals surface area contributed by atoms with Crippen molar-refractivity contribution in [3.05, 3.63) is 29.8 Å². The van der Waals surface area contributed by atoms with Crippen LogP contribution in [0.4, 0.5) is 0 Å². The quantitative estimate of drug-likeness (QED) is 0.930. The highest BCUT2D eigenvalue weighted by Crippen LogP contribution is 2.22. The first-order valence-electron chi connectivity index (χ1n) is 7.83. The maximum atomic E-state index is 12.7. The van der Waals surface area contributed by atoms with E-state index < -0.39 is 10.0 Å². The molecule has 21 heavy (non-hydrogen) atoms. The molecule has 1 unspecified atom stereocenters. The van der Waals surface area contributed by atoms with Gasteiger partial charge in [-0.05, 0) is 44.5 Å². The molecule has 1 aromatic rings. The van der Waals surface area contributed by atoms with Crippen molar-refractivity contribution in [1.82, 2.24) is 9.62 Å². The van der Waals surface area contributed by atoms with E-state index in [1.54, 1.807) is 16.4 Å². The molecule has 0 spiro atoms. The van der Waals surface area contributed by atoms with E-state index in [2.05, 4.69) is 12.2 Å². The molecule has 118 valence electrons. The molecule has 0 radical (unpaired) electrons. The van der Waals surface area contributed by atoms with Crippen molar-refractivity contribution in [2.75, 3.05) is 20.1 Å². The Balaban J connectivity index is 2.17. The Morgan fingerprint density at radius 3 is 2.05 bits per heavy atom. The molecule has 1 aromatic carbocycles. The van der Waals surface area contributed by atoms with E-state index in [1.165, 1.54) is 6.42 Å². The largest absolute Gasteiger partial charge is 0.313 e. The summed E-state index contributed by atoms with van der Waals surface area (Å²) in [5.41, 5.74) is 1.10. The van der Waals surface area contributed by atoms with Crippen LogP contribution >= 0.6 is 0 Å². The van der Waals surface area contributed by atoms with E-state index in [4.69, 9.17) is 0 Å². The highest BCUT2D eigenvalue weighted by atomic mass is 32.2. The Morgan fingerprint density at radius 2 is 1.52 bits per heavy atom. The number of hydrogen-bond acceptors (Lipinski definition) is 3. The van der Waals surface area contributed by atoms with Gasteiger partial charge in [-0.1, -0.05) is 31.4 Å². The summed E-state index contributed by atoms with van der Waals surface area (Å²) in [6, 6.07) is 7.49. The van der Waals surface area contributed by atoms with Crippen LogP contribution in [0.2, 0.25) is 0 Å². The zero-order chi connectivity index (χ0) is 15.3. The molecule has 1 saturated heterocycles. The second kappa shape index (κ2) is 7.38. The summed E-state index contributed by atoms with van der Waals surface area (Å²) in [5, 5.41) is 3.16. The molecule has 4 nitrogen and oxygen atoms in total. The molecule has 0 bridgehead atoms. The first-order valence-corrected chi connectivity index (χ1v) is 9.27. The lowest BCUT2D eigenvalue weighted by molar-refractivity contribution is 0.364. The molecule has 0 aliphatic carbocycles. The zero-order valence-electron chi connectivity index (χ0n) is 13.0. The summed E-state index contributed by atoms with van der Waals surface area (Å²) in [6.45, 7) is 3.36. The summed E-state index contributed by atoms with van der Waals surface area (Å²) in [7, 11) is -1.44. The van der Waals surface area contributed by atoms with Crippen LogP contribution in [0.1, 0.15) is 50.6 Å². The lowest BCUT2D eigenvalue weighted by atomic mass is 10.1. The van der Waals surface area contributed by atoms with Gasteiger partial charge in [-0.3, -0.25) is 0 Å². The minimum absolute atomic E-state index is 0.225. The lowest BCUT2D eigenvalue weighted by Crippen LogP contribution is -2.33. The minimum atomic E-state index is -3.34. The van der Waals surface area contributed by atoms with Gasteiger partial charge in [0, 0.05) is 19.1 Å². The van der Waals surface area contributed by atoms with E-state index in [1.807, 2.05) is 19.2 Å². The topological polar surface area (TPSA) is 49.4 Å². The number of benzene rings is 1. The number of sulfonamides is 1. The van der Waals surface area contributed by atoms with Crippen LogP contribution in [-0.4, -0.2) is 32.9 Å². The normalized spacial score (nSPS) is 19.7. The smallest absolute Gasteiger partial charge is 0.243 e. The van der Waals surface area contributed by atoms with Crippen LogP contribution in [0, 0.1) is 0 Å². The van der Waals surface area contributed by atoms with Crippen molar-refractivity contribution < 1.29 is 8.42 Å². The average Bonchev–Trinajstić information content (AvgIpc) is 2.46. The fourth-order valence-electron chi connectivity index (χ4n) is 2.70. The summed E-state index contributed by atoms with van der Waals surface area (Å²) in [6.07, 6.45) is 5.42. The highest BCUT2D eigenvalue weighted by Gasteiger charge is 2.24. The summed E-state index contributed by atoms with van der Waals surface area (Å²) >= 11 is 0. The van der Waals surface area contributed by atoms with E-state index in [0.717, 1.165) is 31.2 Å². The van der Waals surface area contributed by atoms with Gasteiger partial charge < -0.3 is 5.32 Å². The van der Waals surface area contributed by atoms with Crippen LogP contribution in [0.15, 0.2) is 29.2 Å². The minimum Gasteiger partial charge on any atom is -0.313 e. The predicted octanol–water partition coefficient (Wildman–Crippen LogP) is 2.92. The molecule has 1 atom stereocenters. The molecule has 1 N–H and O–H groups in total. The fourth-order valence-corrected chi connectivity index (χ4v) is 4.22. The van der Waals surface area contributed by atoms with Crippen LogP contribution in [0.5, 0.6) is 0 Å². The Morgan fingerprint density at radius 1 is 1.00 bits per heavy atom. The molecule has 0 aromatic heterocycles. The Labute approximate surface area is 128 Å². The zero-order valence-corrected chi connectivity index (χ0v) is 13.8. The molecule has 1 heterocycles. The second-order valence-electron chi connectivity index (χ2n) is 5.75. The van der Waals surface area contributed by atoms with Gasteiger partial charge in [0.25, 0.3) is 0 Å². The van der Waals surface area contributed by atoms with Crippen LogP contribution < -0.4 is 5.32 Å². The molecule has 5 heteroatoms. The Bertz CT molecular complexity index is 532.